The number of rotatable bonds is 2. The molecule has 0 unspecified atom stereocenters. The van der Waals surface area contributed by atoms with E-state index in [0.717, 1.165) is 0 Å². The minimum atomic E-state index is 0.510. The molecule has 0 saturated heterocycles. The third-order valence-corrected chi connectivity index (χ3v) is 1.19. The fourth-order valence-corrected chi connectivity index (χ4v) is 0.753. The molecule has 0 bridgehead atoms. The highest BCUT2D eigenvalue weighted by Gasteiger charge is 1.93. The third-order valence-electron chi connectivity index (χ3n) is 1.19. The lowest BCUT2D eigenvalue weighted by Crippen LogP contribution is -1.91. The van der Waals surface area contributed by atoms with E-state index in [1.807, 2.05) is 13.0 Å². The Morgan fingerprint density at radius 2 is 2.45 bits per heavy atom. The van der Waals surface area contributed by atoms with E-state index >= 15 is 0 Å². The second-order valence-electron chi connectivity index (χ2n) is 1.97. The molecule has 11 heavy (non-hydrogen) atoms. The van der Waals surface area contributed by atoms with Gasteiger partial charge in [0.25, 0.3) is 0 Å². The van der Waals surface area contributed by atoms with Crippen LogP contribution in [0.1, 0.15) is 12.5 Å². The van der Waals surface area contributed by atoms with Crippen LogP contribution in [0.4, 0.5) is 0 Å². The molecule has 1 rings (SSSR count). The lowest BCUT2D eigenvalue weighted by molar-refractivity contribution is 0.339. The molecule has 1 aromatic rings. The second-order valence-corrected chi connectivity index (χ2v) is 1.97. The fourth-order valence-electron chi connectivity index (χ4n) is 0.753. The molecule has 0 amide bonds. The van der Waals surface area contributed by atoms with Crippen LogP contribution in [0, 0.1) is 17.4 Å². The molecule has 2 nitrogen and oxygen atoms in total. The van der Waals surface area contributed by atoms with Crippen LogP contribution in [0.15, 0.2) is 18.2 Å². The Morgan fingerprint density at radius 3 is 3.09 bits per heavy atom. The summed E-state index contributed by atoms with van der Waals surface area (Å²) in [6, 6.07) is 10.1. The predicted molar refractivity (Wildman–Crippen MR) is 41.2 cm³/mol. The van der Waals surface area contributed by atoms with Gasteiger partial charge in [0.1, 0.15) is 5.75 Å². The van der Waals surface area contributed by atoms with Gasteiger partial charge in [-0.2, -0.15) is 5.26 Å². The Kier molecular flexibility index (Phi) is 2.51. The van der Waals surface area contributed by atoms with Crippen LogP contribution in [0.3, 0.4) is 0 Å². The van der Waals surface area contributed by atoms with Crippen molar-refractivity contribution in [3.05, 3.63) is 29.8 Å². The van der Waals surface area contributed by atoms with Crippen LogP contribution in [0.5, 0.6) is 5.75 Å². The SMILES string of the molecule is CCOc1[c]c(C#N)ccc1. The standard InChI is InChI=1S/C9H8NO/c1-2-11-9-5-3-4-8(6-9)7-10/h3-5H,2H2,1H3. The Hall–Kier alpha value is -1.49. The van der Waals surface area contributed by atoms with Gasteiger partial charge >= 0.3 is 0 Å². The summed E-state index contributed by atoms with van der Waals surface area (Å²) in [6.45, 7) is 2.50. The minimum Gasteiger partial charge on any atom is -0.493 e. The molecule has 0 saturated carbocycles. The smallest absolute Gasteiger partial charge is 0.128 e. The average molecular weight is 146 g/mol. The van der Waals surface area contributed by atoms with Crippen molar-refractivity contribution in [2.24, 2.45) is 0 Å². The van der Waals surface area contributed by atoms with Crippen molar-refractivity contribution in [1.29, 1.82) is 5.26 Å². The van der Waals surface area contributed by atoms with Gasteiger partial charge in [0.15, 0.2) is 0 Å². The van der Waals surface area contributed by atoms with E-state index in [-0.39, 0.29) is 0 Å². The predicted octanol–water partition coefficient (Wildman–Crippen LogP) is 1.76. The lowest BCUT2D eigenvalue weighted by Gasteiger charge is -2.00. The largest absolute Gasteiger partial charge is 0.493 e. The van der Waals surface area contributed by atoms with Gasteiger partial charge in [-0.15, -0.1) is 0 Å². The number of hydrogen-bond acceptors (Lipinski definition) is 2. The van der Waals surface area contributed by atoms with Crippen molar-refractivity contribution < 1.29 is 4.74 Å². The van der Waals surface area contributed by atoms with E-state index in [2.05, 4.69) is 6.07 Å². The Labute approximate surface area is 66.0 Å². The van der Waals surface area contributed by atoms with Crippen molar-refractivity contribution >= 4 is 0 Å². The molecule has 0 fully saturated rings. The van der Waals surface area contributed by atoms with Crippen LogP contribution >= 0.6 is 0 Å². The van der Waals surface area contributed by atoms with E-state index in [9.17, 15) is 0 Å². The first kappa shape index (κ1) is 7.62. The molecule has 0 spiro atoms. The molecular weight excluding hydrogens is 138 g/mol. The molecule has 55 valence electrons. The van der Waals surface area contributed by atoms with Crippen LogP contribution in [0.2, 0.25) is 0 Å². The third kappa shape index (κ3) is 1.98. The Balaban J connectivity index is 2.85. The minimum absolute atomic E-state index is 0.510. The molecule has 0 aliphatic heterocycles. The normalized spacial score (nSPS) is 8.73. The van der Waals surface area contributed by atoms with E-state index in [0.29, 0.717) is 17.9 Å². The van der Waals surface area contributed by atoms with Gasteiger partial charge in [-0.25, -0.2) is 0 Å². The van der Waals surface area contributed by atoms with E-state index in [1.54, 1.807) is 18.2 Å². The van der Waals surface area contributed by atoms with Crippen LogP contribution in [-0.2, 0) is 0 Å². The molecule has 0 atom stereocenters. The maximum Gasteiger partial charge on any atom is 0.128 e. The van der Waals surface area contributed by atoms with Gasteiger partial charge in [0, 0.05) is 6.07 Å². The Bertz CT molecular complexity index is 275. The molecule has 0 N–H and O–H groups in total. The van der Waals surface area contributed by atoms with Crippen molar-refractivity contribution in [3.63, 3.8) is 0 Å². The first-order chi connectivity index (χ1) is 5.36. The van der Waals surface area contributed by atoms with Crippen LogP contribution in [0.25, 0.3) is 0 Å². The van der Waals surface area contributed by atoms with E-state index in [1.165, 1.54) is 0 Å². The first-order valence-electron chi connectivity index (χ1n) is 3.42. The van der Waals surface area contributed by atoms with Gasteiger partial charge in [0.2, 0.25) is 0 Å². The summed E-state index contributed by atoms with van der Waals surface area (Å²) < 4.78 is 5.14. The zero-order chi connectivity index (χ0) is 8.10. The number of benzene rings is 1. The summed E-state index contributed by atoms with van der Waals surface area (Å²) in [5.41, 5.74) is 0.510. The first-order valence-corrected chi connectivity index (χ1v) is 3.42. The summed E-state index contributed by atoms with van der Waals surface area (Å²) in [4.78, 5) is 0. The molecular formula is C9H8NO. The lowest BCUT2D eigenvalue weighted by atomic mass is 10.2. The zero-order valence-electron chi connectivity index (χ0n) is 6.29. The average Bonchev–Trinajstić information content (AvgIpc) is 2.06. The van der Waals surface area contributed by atoms with Crippen molar-refractivity contribution in [1.82, 2.24) is 0 Å². The molecule has 0 aliphatic carbocycles. The van der Waals surface area contributed by atoms with Gasteiger partial charge in [-0.05, 0) is 19.1 Å². The summed E-state index contributed by atoms with van der Waals surface area (Å²) in [5.74, 6) is 0.631. The number of nitrogens with zero attached hydrogens (tertiary/aromatic N) is 1. The summed E-state index contributed by atoms with van der Waals surface area (Å²) in [6.07, 6.45) is 0. The van der Waals surface area contributed by atoms with Gasteiger partial charge in [0.05, 0.1) is 18.2 Å². The van der Waals surface area contributed by atoms with Crippen molar-refractivity contribution in [3.8, 4) is 11.8 Å². The zero-order valence-corrected chi connectivity index (χ0v) is 6.29. The summed E-state index contributed by atoms with van der Waals surface area (Å²) >= 11 is 0. The topological polar surface area (TPSA) is 33.0 Å². The van der Waals surface area contributed by atoms with Gasteiger partial charge < -0.3 is 4.74 Å². The van der Waals surface area contributed by atoms with Crippen molar-refractivity contribution in [2.45, 2.75) is 6.92 Å². The molecule has 0 aliphatic rings. The fraction of sp³-hybridized carbons (Fsp3) is 0.222. The maximum atomic E-state index is 8.49. The molecule has 0 aromatic heterocycles. The monoisotopic (exact) mass is 146 g/mol. The van der Waals surface area contributed by atoms with Crippen LogP contribution in [-0.4, -0.2) is 6.61 Å². The number of hydrogen-bond donors (Lipinski definition) is 0. The van der Waals surface area contributed by atoms with E-state index < -0.39 is 0 Å². The maximum absolute atomic E-state index is 8.49. The molecule has 1 radical (unpaired) electrons. The molecule has 0 heterocycles. The van der Waals surface area contributed by atoms with Crippen molar-refractivity contribution in [2.75, 3.05) is 6.61 Å². The quantitative estimate of drug-likeness (QED) is 0.636. The summed E-state index contributed by atoms with van der Waals surface area (Å²) in [5, 5.41) is 8.49. The highest BCUT2D eigenvalue weighted by Crippen LogP contribution is 2.10. The second kappa shape index (κ2) is 3.62. The summed E-state index contributed by atoms with van der Waals surface area (Å²) in [7, 11) is 0. The molecule has 1 aromatic carbocycles. The molecule has 2 heteroatoms. The van der Waals surface area contributed by atoms with E-state index in [4.69, 9.17) is 10.00 Å². The van der Waals surface area contributed by atoms with Crippen LogP contribution < -0.4 is 4.74 Å². The number of ether oxygens (including phenoxy) is 1. The number of nitriles is 1. The Morgan fingerprint density at radius 1 is 1.64 bits per heavy atom. The highest BCUT2D eigenvalue weighted by molar-refractivity contribution is 5.34. The van der Waals surface area contributed by atoms with Gasteiger partial charge in [-0.3, -0.25) is 0 Å². The highest BCUT2D eigenvalue weighted by atomic mass is 16.5. The van der Waals surface area contributed by atoms with Gasteiger partial charge in [-0.1, -0.05) is 6.07 Å².